The molecule has 0 bridgehead atoms. The molecule has 242 valence electrons. The predicted molar refractivity (Wildman–Crippen MR) is 164 cm³/mol. The third-order valence-corrected chi connectivity index (χ3v) is 9.13. The second-order valence-corrected chi connectivity index (χ2v) is 12.3. The molecule has 4 aliphatic rings. The van der Waals surface area contributed by atoms with Gasteiger partial charge >= 0.3 is 6.18 Å². The van der Waals surface area contributed by atoms with E-state index in [-0.39, 0.29) is 46.6 Å². The second-order valence-electron chi connectivity index (χ2n) is 11.8. The molecule has 1 saturated carbocycles. The van der Waals surface area contributed by atoms with Gasteiger partial charge in [-0.2, -0.15) is 23.5 Å². The number of nitriles is 1. The van der Waals surface area contributed by atoms with Crippen molar-refractivity contribution in [2.24, 2.45) is 16.6 Å². The average Bonchev–Trinajstić information content (AvgIpc) is 3.74. The van der Waals surface area contributed by atoms with Crippen LogP contribution in [0.2, 0.25) is 5.02 Å². The molecule has 4 heterocycles. The predicted octanol–water partition coefficient (Wildman–Crippen LogP) is 3.41. The third kappa shape index (κ3) is 5.78. The van der Waals surface area contributed by atoms with Gasteiger partial charge in [0.2, 0.25) is 5.91 Å². The zero-order valence-corrected chi connectivity index (χ0v) is 25.6. The highest BCUT2D eigenvalue weighted by atomic mass is 35.5. The number of carbonyl (C=O) groups is 2. The minimum atomic E-state index is -4.74. The number of benzene rings is 1. The van der Waals surface area contributed by atoms with Gasteiger partial charge in [-0.05, 0) is 44.4 Å². The Kier molecular flexibility index (Phi) is 8.20. The minimum absolute atomic E-state index is 0.0436. The summed E-state index contributed by atoms with van der Waals surface area (Å²) in [5.41, 5.74) is 4.58. The molecule has 1 aliphatic carbocycles. The molecule has 4 N–H and O–H groups in total. The number of halogens is 4. The van der Waals surface area contributed by atoms with E-state index in [4.69, 9.17) is 22.6 Å². The van der Waals surface area contributed by atoms with E-state index < -0.39 is 17.5 Å². The van der Waals surface area contributed by atoms with Gasteiger partial charge in [0, 0.05) is 68.6 Å². The lowest BCUT2D eigenvalue weighted by Crippen LogP contribution is -2.57. The van der Waals surface area contributed by atoms with Gasteiger partial charge in [-0.25, -0.2) is 4.99 Å². The van der Waals surface area contributed by atoms with Gasteiger partial charge in [0.25, 0.3) is 5.91 Å². The number of nitrogens with one attached hydrogen (secondary N) is 2. The number of nitrogens with zero attached hydrogens (tertiary/aromatic N) is 7. The van der Waals surface area contributed by atoms with E-state index in [1.165, 1.54) is 18.6 Å². The molecule has 1 saturated heterocycles. The highest BCUT2D eigenvalue weighted by molar-refractivity contribution is 6.34. The molecule has 2 aromatic rings. The molecular formula is C30H32ClF3N10O2. The maximum Gasteiger partial charge on any atom is 0.435 e. The quantitative estimate of drug-likeness (QED) is 0.444. The first-order valence-electron chi connectivity index (χ1n) is 14.8. The highest BCUT2D eigenvalue weighted by Gasteiger charge is 2.47. The zero-order valence-electron chi connectivity index (χ0n) is 24.9. The lowest BCUT2D eigenvalue weighted by molar-refractivity contribution is -0.141. The molecule has 3 atom stereocenters. The van der Waals surface area contributed by atoms with Crippen LogP contribution in [0.3, 0.4) is 0 Å². The van der Waals surface area contributed by atoms with Gasteiger partial charge in [-0.3, -0.25) is 14.3 Å². The van der Waals surface area contributed by atoms with Crippen molar-refractivity contribution in [3.63, 3.8) is 0 Å². The molecule has 3 aliphatic heterocycles. The van der Waals surface area contributed by atoms with Crippen molar-refractivity contribution in [3.05, 3.63) is 64.8 Å². The maximum atomic E-state index is 13.9. The van der Waals surface area contributed by atoms with Gasteiger partial charge < -0.3 is 31.1 Å². The smallest absolute Gasteiger partial charge is 0.361 e. The number of hydrogen-bond acceptors (Lipinski definition) is 9. The Bertz CT molecular complexity index is 1690. The summed E-state index contributed by atoms with van der Waals surface area (Å²) in [7, 11) is 0. The Morgan fingerprint density at radius 1 is 1.22 bits per heavy atom. The number of amides is 2. The highest BCUT2D eigenvalue weighted by Crippen LogP contribution is 2.40. The fourth-order valence-electron chi connectivity index (χ4n) is 6.34. The minimum Gasteiger partial charge on any atom is -0.361 e. The first kappa shape index (κ1) is 31.4. The molecular weight excluding hydrogens is 625 g/mol. The molecule has 46 heavy (non-hydrogen) atoms. The number of anilines is 1. The number of alkyl halides is 3. The summed E-state index contributed by atoms with van der Waals surface area (Å²) >= 11 is 6.58. The SMILES string of the molecule is CC12NC=C(c3cn(CC#N)nc3C(F)(F)F)N1C=CN=C2Nc1ccc(C(=O)N2CCN(C(=O)[C@@H]3CC[C@@H](N)C3)CC2)c(Cl)c1. The molecule has 0 radical (unpaired) electrons. The number of amidine groups is 1. The van der Waals surface area contributed by atoms with E-state index in [9.17, 15) is 22.8 Å². The Hall–Kier alpha value is -4.55. The van der Waals surface area contributed by atoms with E-state index in [2.05, 4.69) is 20.7 Å². The van der Waals surface area contributed by atoms with Gasteiger partial charge in [-0.15, -0.1) is 0 Å². The van der Waals surface area contributed by atoms with Crippen LogP contribution in [0.25, 0.3) is 5.70 Å². The molecule has 0 spiro atoms. The van der Waals surface area contributed by atoms with Gasteiger partial charge in [0.1, 0.15) is 6.54 Å². The van der Waals surface area contributed by atoms with Gasteiger partial charge in [0.05, 0.1) is 27.9 Å². The Morgan fingerprint density at radius 3 is 2.61 bits per heavy atom. The largest absolute Gasteiger partial charge is 0.435 e. The van der Waals surface area contributed by atoms with E-state index >= 15 is 0 Å². The van der Waals surface area contributed by atoms with Crippen LogP contribution in [0.1, 0.15) is 47.8 Å². The summed E-state index contributed by atoms with van der Waals surface area (Å²) in [6, 6.07) is 6.74. The van der Waals surface area contributed by atoms with Crippen molar-refractivity contribution in [3.8, 4) is 6.07 Å². The molecule has 2 fully saturated rings. The van der Waals surface area contributed by atoms with Crippen molar-refractivity contribution >= 4 is 40.6 Å². The second kappa shape index (κ2) is 12.0. The Balaban J connectivity index is 1.12. The summed E-state index contributed by atoms with van der Waals surface area (Å²) in [4.78, 5) is 35.7. The summed E-state index contributed by atoms with van der Waals surface area (Å²) in [5, 5.41) is 19.1. The number of aromatic nitrogens is 2. The normalized spacial score (nSPS) is 24.2. The van der Waals surface area contributed by atoms with Crippen molar-refractivity contribution in [1.29, 1.82) is 5.26 Å². The number of carbonyl (C=O) groups excluding carboxylic acids is 2. The van der Waals surface area contributed by atoms with Crippen molar-refractivity contribution < 1.29 is 22.8 Å². The molecule has 16 heteroatoms. The molecule has 2 amide bonds. The maximum absolute atomic E-state index is 13.9. The molecule has 1 aromatic carbocycles. The summed E-state index contributed by atoms with van der Waals surface area (Å²) in [6.45, 7) is 3.08. The Labute approximate surface area is 267 Å². The lowest BCUT2D eigenvalue weighted by Gasteiger charge is -2.39. The van der Waals surface area contributed by atoms with Crippen LogP contribution in [-0.2, 0) is 17.5 Å². The number of hydrogen-bond donors (Lipinski definition) is 3. The fraction of sp³-hybridized carbons (Fsp3) is 0.433. The van der Waals surface area contributed by atoms with Crippen LogP contribution >= 0.6 is 11.6 Å². The summed E-state index contributed by atoms with van der Waals surface area (Å²) in [5.74, 6) is 0.179. The van der Waals surface area contributed by atoms with Crippen molar-refractivity contribution in [2.45, 2.75) is 50.6 Å². The van der Waals surface area contributed by atoms with Crippen LogP contribution in [-0.4, -0.2) is 80.0 Å². The van der Waals surface area contributed by atoms with Gasteiger partial charge in [-0.1, -0.05) is 11.6 Å². The van der Waals surface area contributed by atoms with Crippen LogP contribution in [0, 0.1) is 17.2 Å². The first-order valence-corrected chi connectivity index (χ1v) is 15.2. The topological polar surface area (TPSA) is 148 Å². The number of nitrogens with two attached hydrogens (primary N) is 1. The van der Waals surface area contributed by atoms with Crippen LogP contribution < -0.4 is 16.4 Å². The van der Waals surface area contributed by atoms with E-state index in [1.54, 1.807) is 47.2 Å². The molecule has 6 rings (SSSR count). The molecule has 12 nitrogen and oxygen atoms in total. The zero-order chi connectivity index (χ0) is 32.8. The number of fused-ring (bicyclic) bond motifs is 1. The standard InChI is InChI=1S/C30H32ClF3N10O2/c1-29-28(37-7-9-44(29)24(16-38-29)22-17-43(8-6-35)40-25(22)30(32,33)34)39-20-4-5-21(23(31)15-20)27(46)42-12-10-41(11-13-42)26(45)18-2-3-19(36)14-18/h4-5,7,9,15-19,38H,2-3,8,10-14,36H2,1H3,(H,37,39)/t18-,19-,29?/m1/s1. The monoisotopic (exact) mass is 656 g/mol. The summed E-state index contributed by atoms with van der Waals surface area (Å²) < 4.78 is 42.5. The lowest BCUT2D eigenvalue weighted by atomic mass is 10.1. The summed E-state index contributed by atoms with van der Waals surface area (Å²) in [6.07, 6.45) is 3.25. The van der Waals surface area contributed by atoms with Gasteiger partial charge in [0.15, 0.2) is 17.2 Å². The molecule has 1 unspecified atom stereocenters. The van der Waals surface area contributed by atoms with Crippen LogP contribution in [0.4, 0.5) is 18.9 Å². The number of rotatable bonds is 5. The van der Waals surface area contributed by atoms with E-state index in [0.29, 0.717) is 49.7 Å². The average molecular weight is 657 g/mol. The van der Waals surface area contributed by atoms with E-state index in [0.717, 1.165) is 17.5 Å². The van der Waals surface area contributed by atoms with Crippen molar-refractivity contribution in [1.82, 2.24) is 29.8 Å². The van der Waals surface area contributed by atoms with Crippen LogP contribution in [0.15, 0.2) is 48.0 Å². The van der Waals surface area contributed by atoms with Crippen molar-refractivity contribution in [2.75, 3.05) is 31.5 Å². The van der Waals surface area contributed by atoms with Crippen LogP contribution in [0.5, 0.6) is 0 Å². The van der Waals surface area contributed by atoms with E-state index in [1.807, 2.05) is 4.90 Å². The number of piperazine rings is 1. The first-order chi connectivity index (χ1) is 21.9. The third-order valence-electron chi connectivity index (χ3n) is 8.81. The fourth-order valence-corrected chi connectivity index (χ4v) is 6.60. The Morgan fingerprint density at radius 2 is 1.96 bits per heavy atom. The molecule has 1 aromatic heterocycles. The number of aliphatic imine (C=N–C) groups is 1.